The molecule has 3 rings (SSSR count). The molecule has 24 heavy (non-hydrogen) atoms. The van der Waals surface area contributed by atoms with Gasteiger partial charge in [0.2, 0.25) is 0 Å². The molecule has 2 aliphatic heterocycles. The monoisotopic (exact) mass is 355 g/mol. The van der Waals surface area contributed by atoms with E-state index in [4.69, 9.17) is 4.42 Å². The average molecular weight is 356 g/mol. The van der Waals surface area contributed by atoms with Gasteiger partial charge in [-0.25, -0.2) is 0 Å². The van der Waals surface area contributed by atoms with Crippen LogP contribution in [-0.4, -0.2) is 61.2 Å². The van der Waals surface area contributed by atoms with E-state index in [1.807, 2.05) is 0 Å². The molecular weight excluding hydrogens is 326 g/mol. The third-order valence-electron chi connectivity index (χ3n) is 4.86. The molecule has 0 atom stereocenters. The molecule has 0 aliphatic carbocycles. The van der Waals surface area contributed by atoms with Gasteiger partial charge in [0.25, 0.3) is 10.2 Å². The summed E-state index contributed by atoms with van der Waals surface area (Å²) in [6.45, 7) is 7.13. The molecule has 0 bridgehead atoms. The van der Waals surface area contributed by atoms with Crippen LogP contribution in [0.15, 0.2) is 16.5 Å². The van der Waals surface area contributed by atoms with Gasteiger partial charge < -0.3 is 4.42 Å². The number of furan rings is 1. The highest BCUT2D eigenvalue weighted by Gasteiger charge is 2.32. The minimum absolute atomic E-state index is 0.571. The van der Waals surface area contributed by atoms with E-state index < -0.39 is 10.2 Å². The summed E-state index contributed by atoms with van der Waals surface area (Å²) >= 11 is 0. The van der Waals surface area contributed by atoms with E-state index in [2.05, 4.69) is 24.0 Å². The highest BCUT2D eigenvalue weighted by molar-refractivity contribution is 7.86. The van der Waals surface area contributed by atoms with Crippen molar-refractivity contribution in [2.24, 2.45) is 0 Å². The van der Waals surface area contributed by atoms with Crippen molar-refractivity contribution in [1.82, 2.24) is 13.5 Å². The molecule has 136 valence electrons. The number of aryl methyl sites for hydroxylation is 1. The lowest BCUT2D eigenvalue weighted by Crippen LogP contribution is -2.44. The summed E-state index contributed by atoms with van der Waals surface area (Å²) in [5.41, 5.74) is 0. The van der Waals surface area contributed by atoms with Gasteiger partial charge in [-0.3, -0.25) is 4.90 Å². The summed E-state index contributed by atoms with van der Waals surface area (Å²) in [7, 11) is -3.27. The first-order chi connectivity index (χ1) is 11.6. The van der Waals surface area contributed by atoms with Crippen molar-refractivity contribution in [2.45, 2.75) is 45.6 Å². The molecule has 2 aliphatic rings. The molecule has 7 heteroatoms. The first kappa shape index (κ1) is 17.9. The Morgan fingerprint density at radius 2 is 1.58 bits per heavy atom. The molecule has 0 aromatic carbocycles. The maximum absolute atomic E-state index is 12.7. The smallest absolute Gasteiger partial charge is 0.282 e. The Bertz CT molecular complexity index is 623. The van der Waals surface area contributed by atoms with Crippen LogP contribution in [0.25, 0.3) is 0 Å². The Kier molecular flexibility index (Phi) is 5.97. The van der Waals surface area contributed by atoms with Crippen molar-refractivity contribution in [3.63, 3.8) is 0 Å². The Morgan fingerprint density at radius 1 is 0.917 bits per heavy atom. The zero-order valence-corrected chi connectivity index (χ0v) is 15.4. The molecule has 3 heterocycles. The van der Waals surface area contributed by atoms with Gasteiger partial charge >= 0.3 is 0 Å². The van der Waals surface area contributed by atoms with Crippen LogP contribution in [0.4, 0.5) is 0 Å². The average Bonchev–Trinajstić information content (AvgIpc) is 3.17. The Labute approximate surface area is 145 Å². The van der Waals surface area contributed by atoms with Crippen molar-refractivity contribution in [1.29, 1.82) is 0 Å². The van der Waals surface area contributed by atoms with Gasteiger partial charge in [-0.2, -0.15) is 17.0 Å². The summed E-state index contributed by atoms with van der Waals surface area (Å²) in [6.07, 6.45) is 4.90. The molecule has 0 unspecified atom stereocenters. The van der Waals surface area contributed by atoms with Gasteiger partial charge in [0.05, 0.1) is 6.54 Å². The fourth-order valence-corrected chi connectivity index (χ4v) is 5.25. The van der Waals surface area contributed by atoms with Crippen LogP contribution in [-0.2, 0) is 23.2 Å². The van der Waals surface area contributed by atoms with Gasteiger partial charge in [0.1, 0.15) is 11.5 Å². The van der Waals surface area contributed by atoms with Crippen LogP contribution in [0.1, 0.15) is 44.1 Å². The van der Waals surface area contributed by atoms with E-state index in [1.165, 1.54) is 0 Å². The molecule has 1 aromatic heterocycles. The molecule has 0 spiro atoms. The van der Waals surface area contributed by atoms with E-state index in [0.717, 1.165) is 63.3 Å². The lowest BCUT2D eigenvalue weighted by Gasteiger charge is -2.26. The van der Waals surface area contributed by atoms with E-state index in [-0.39, 0.29) is 0 Å². The second-order valence-electron chi connectivity index (χ2n) is 6.76. The van der Waals surface area contributed by atoms with Crippen LogP contribution in [0.3, 0.4) is 0 Å². The lowest BCUT2D eigenvalue weighted by atomic mass is 10.3. The zero-order chi connectivity index (χ0) is 17.0. The topological polar surface area (TPSA) is 57.0 Å². The van der Waals surface area contributed by atoms with Crippen LogP contribution >= 0.6 is 0 Å². The second-order valence-corrected chi connectivity index (χ2v) is 8.69. The Balaban J connectivity index is 1.56. The van der Waals surface area contributed by atoms with E-state index in [1.54, 1.807) is 8.61 Å². The maximum Gasteiger partial charge on any atom is 0.282 e. The second kappa shape index (κ2) is 7.99. The van der Waals surface area contributed by atoms with Crippen LogP contribution < -0.4 is 0 Å². The molecule has 2 fully saturated rings. The first-order valence-electron chi connectivity index (χ1n) is 9.15. The molecule has 0 radical (unpaired) electrons. The van der Waals surface area contributed by atoms with Crippen molar-refractivity contribution >= 4 is 10.2 Å². The van der Waals surface area contributed by atoms with Gasteiger partial charge in [0, 0.05) is 39.1 Å². The van der Waals surface area contributed by atoms with Crippen molar-refractivity contribution < 1.29 is 12.8 Å². The summed E-state index contributed by atoms with van der Waals surface area (Å²) in [6, 6.07) is 4.11. The van der Waals surface area contributed by atoms with Crippen molar-refractivity contribution in [2.75, 3.05) is 39.3 Å². The minimum Gasteiger partial charge on any atom is -0.465 e. The van der Waals surface area contributed by atoms with E-state index in [9.17, 15) is 8.42 Å². The third-order valence-corrected chi connectivity index (χ3v) is 6.89. The number of hydrogen-bond acceptors (Lipinski definition) is 4. The van der Waals surface area contributed by atoms with Gasteiger partial charge in [-0.15, -0.1) is 0 Å². The third kappa shape index (κ3) is 4.20. The molecule has 1 aromatic rings. The summed E-state index contributed by atoms with van der Waals surface area (Å²) < 4.78 is 34.6. The Morgan fingerprint density at radius 3 is 2.33 bits per heavy atom. The van der Waals surface area contributed by atoms with Crippen LogP contribution in [0, 0.1) is 0 Å². The van der Waals surface area contributed by atoms with Gasteiger partial charge in [-0.1, -0.05) is 6.92 Å². The number of rotatable bonds is 6. The van der Waals surface area contributed by atoms with Crippen molar-refractivity contribution in [3.8, 4) is 0 Å². The molecule has 6 nitrogen and oxygen atoms in total. The van der Waals surface area contributed by atoms with Gasteiger partial charge in [0.15, 0.2) is 0 Å². The maximum atomic E-state index is 12.7. The predicted octanol–water partition coefficient (Wildman–Crippen LogP) is 2.08. The number of hydrogen-bond donors (Lipinski definition) is 0. The largest absolute Gasteiger partial charge is 0.465 e. The zero-order valence-electron chi connectivity index (χ0n) is 14.6. The van der Waals surface area contributed by atoms with Crippen molar-refractivity contribution in [3.05, 3.63) is 23.7 Å². The fourth-order valence-electron chi connectivity index (χ4n) is 3.53. The summed E-state index contributed by atoms with van der Waals surface area (Å²) in [5, 5.41) is 0. The first-order valence-corrected chi connectivity index (χ1v) is 10.5. The molecule has 2 saturated heterocycles. The van der Waals surface area contributed by atoms with E-state index in [0.29, 0.717) is 26.2 Å². The van der Waals surface area contributed by atoms with E-state index >= 15 is 0 Å². The fraction of sp³-hybridized carbons (Fsp3) is 0.765. The molecular formula is C17H29N3O3S. The summed E-state index contributed by atoms with van der Waals surface area (Å²) in [5.74, 6) is 2.02. The molecule has 0 amide bonds. The number of nitrogens with zero attached hydrogens (tertiary/aromatic N) is 3. The van der Waals surface area contributed by atoms with Crippen LogP contribution in [0.2, 0.25) is 0 Å². The summed E-state index contributed by atoms with van der Waals surface area (Å²) in [4.78, 5) is 2.30. The molecule has 0 N–H and O–H groups in total. The lowest BCUT2D eigenvalue weighted by molar-refractivity contribution is 0.251. The quantitative estimate of drug-likeness (QED) is 0.784. The normalized spacial score (nSPS) is 22.0. The standard InChI is InChI=1S/C17H29N3O3S/c1-2-6-16-7-8-17(23-16)15-18-9-5-12-20(14-13-18)24(21,22)19-10-3-4-11-19/h7-8H,2-6,9-15H2,1H3. The van der Waals surface area contributed by atoms with Gasteiger partial charge in [-0.05, 0) is 44.4 Å². The highest BCUT2D eigenvalue weighted by atomic mass is 32.2. The highest BCUT2D eigenvalue weighted by Crippen LogP contribution is 2.19. The molecule has 0 saturated carbocycles. The Hall–Kier alpha value is -0.890. The predicted molar refractivity (Wildman–Crippen MR) is 93.9 cm³/mol. The minimum atomic E-state index is -3.27. The van der Waals surface area contributed by atoms with Crippen LogP contribution in [0.5, 0.6) is 0 Å². The SMILES string of the molecule is CCCc1ccc(CN2CCCN(S(=O)(=O)N3CCCC3)CC2)o1.